The van der Waals surface area contributed by atoms with E-state index < -0.39 is 5.97 Å². The van der Waals surface area contributed by atoms with Crippen molar-refractivity contribution < 1.29 is 13.9 Å². The van der Waals surface area contributed by atoms with Crippen molar-refractivity contribution in [2.75, 3.05) is 7.11 Å². The minimum atomic E-state index is -0.491. The molecule has 1 aromatic carbocycles. The number of fused-ring (bicyclic) bond motifs is 1. The normalized spacial score (nSPS) is 11.0. The van der Waals surface area contributed by atoms with Crippen LogP contribution in [-0.4, -0.2) is 37.4 Å². The van der Waals surface area contributed by atoms with Gasteiger partial charge in [0.1, 0.15) is 0 Å². The van der Waals surface area contributed by atoms with Gasteiger partial charge in [-0.25, -0.2) is 0 Å². The van der Waals surface area contributed by atoms with E-state index in [0.29, 0.717) is 5.76 Å². The van der Waals surface area contributed by atoms with E-state index in [1.165, 1.54) is 11.5 Å². The van der Waals surface area contributed by atoms with Crippen molar-refractivity contribution in [2.24, 2.45) is 0 Å². The second-order valence-corrected chi connectivity index (χ2v) is 6.77. The summed E-state index contributed by atoms with van der Waals surface area (Å²) in [6, 6.07) is 15.4. The van der Waals surface area contributed by atoms with Crippen LogP contribution in [-0.2, 0) is 4.74 Å². The van der Waals surface area contributed by atoms with E-state index in [0.717, 1.165) is 16.8 Å². The molecule has 23 heavy (non-hydrogen) atoms. The topological polar surface area (TPSA) is 57.3 Å². The van der Waals surface area contributed by atoms with Crippen molar-refractivity contribution >= 4 is 30.2 Å². The van der Waals surface area contributed by atoms with Crippen LogP contribution < -0.4 is 0 Å². The van der Waals surface area contributed by atoms with Gasteiger partial charge < -0.3 is 0 Å². The minimum absolute atomic E-state index is 0.179. The van der Waals surface area contributed by atoms with E-state index in [2.05, 4.69) is 15.7 Å². The number of benzene rings is 1. The Morgan fingerprint density at radius 2 is 2.00 bits per heavy atom. The first-order valence-corrected chi connectivity index (χ1v) is 8.82. The molecule has 114 valence electrons. The van der Waals surface area contributed by atoms with Crippen molar-refractivity contribution in [2.45, 2.75) is 0 Å². The van der Waals surface area contributed by atoms with Crippen molar-refractivity contribution in [3.63, 3.8) is 0 Å². The van der Waals surface area contributed by atoms with Crippen LogP contribution in [0.25, 0.3) is 26.9 Å². The Kier molecular flexibility index (Phi) is 3.41. The van der Waals surface area contributed by atoms with Gasteiger partial charge >= 0.3 is 137 Å². The van der Waals surface area contributed by atoms with Gasteiger partial charge in [-0.2, -0.15) is 0 Å². The third-order valence-electron chi connectivity index (χ3n) is 3.52. The van der Waals surface area contributed by atoms with Crippen LogP contribution in [0.3, 0.4) is 0 Å². The summed E-state index contributed by atoms with van der Waals surface area (Å²) in [4.78, 5) is 13.7. The monoisotopic (exact) mass is 372 g/mol. The molecule has 0 aliphatic rings. The quantitative estimate of drug-likeness (QED) is 0.410. The number of para-hydroxylation sites is 1. The van der Waals surface area contributed by atoms with Crippen molar-refractivity contribution in [3.8, 4) is 17.1 Å². The molecule has 0 N–H and O–H groups in total. The fraction of sp³-hybridized carbons (Fsp3) is 0.0588. The van der Waals surface area contributed by atoms with Gasteiger partial charge in [-0.1, -0.05) is 0 Å². The maximum absolute atomic E-state index is 11.6. The molecule has 0 unspecified atom stereocenters. The molecule has 6 heteroatoms. The number of carbonyl (C=O) groups excluding carboxylic acids is 1. The second kappa shape index (κ2) is 5.57. The summed E-state index contributed by atoms with van der Waals surface area (Å²) in [5.74, 6) is 0.256. The van der Waals surface area contributed by atoms with Gasteiger partial charge in [0.05, 0.1) is 0 Å². The number of hydrogen-bond acceptors (Lipinski definition) is 4. The van der Waals surface area contributed by atoms with Crippen LogP contribution in [0.4, 0.5) is 0 Å². The molecular formula is C17H12N2O3Se. The molecule has 4 aromatic rings. The molecule has 3 heterocycles. The Hall–Kier alpha value is -2.56. The van der Waals surface area contributed by atoms with E-state index in [9.17, 15) is 4.79 Å². The van der Waals surface area contributed by atoms with Crippen molar-refractivity contribution in [1.29, 1.82) is 0 Å². The summed E-state index contributed by atoms with van der Waals surface area (Å²) in [5.41, 5.74) is 1.76. The fourth-order valence-electron chi connectivity index (χ4n) is 2.45. The fourth-order valence-corrected chi connectivity index (χ4v) is 4.27. The predicted molar refractivity (Wildman–Crippen MR) is 87.1 cm³/mol. The van der Waals surface area contributed by atoms with Crippen molar-refractivity contribution in [1.82, 2.24) is 9.78 Å². The van der Waals surface area contributed by atoms with Gasteiger partial charge in [-0.05, 0) is 0 Å². The first kappa shape index (κ1) is 14.1. The number of esters is 1. The summed E-state index contributed by atoms with van der Waals surface area (Å²) in [5, 5.41) is 5.76. The molecule has 0 atom stereocenters. The average Bonchev–Trinajstić information content (AvgIpc) is 3.30. The molecule has 0 aliphatic heterocycles. The van der Waals surface area contributed by atoms with Crippen molar-refractivity contribution in [3.05, 3.63) is 59.2 Å². The first-order chi connectivity index (χ1) is 11.3. The second-order valence-electron chi connectivity index (χ2n) is 4.89. The zero-order chi connectivity index (χ0) is 15.8. The van der Waals surface area contributed by atoms with Gasteiger partial charge in [-0.3, -0.25) is 0 Å². The van der Waals surface area contributed by atoms with Crippen LogP contribution in [0.1, 0.15) is 10.6 Å². The Labute approximate surface area is 137 Å². The molecule has 0 fully saturated rings. The number of furan rings is 1. The molecule has 0 radical (unpaired) electrons. The number of hydrogen-bond donors (Lipinski definition) is 0. The van der Waals surface area contributed by atoms with Crippen LogP contribution in [0.5, 0.6) is 0 Å². The molecule has 0 bridgehead atoms. The summed E-state index contributed by atoms with van der Waals surface area (Å²) < 4.78 is 13.4. The molecule has 0 amide bonds. The standard InChI is InChI=1S/C17H12N2O3Se/c1-21-17(20)14-8-7-13(22-14)15-12-9-10-23-16(12)19(18-15)11-5-3-2-4-6-11/h2-10H,1H3. The maximum atomic E-state index is 11.6. The number of rotatable bonds is 3. The third-order valence-corrected chi connectivity index (χ3v) is 5.38. The van der Waals surface area contributed by atoms with E-state index >= 15 is 0 Å². The Bertz CT molecular complexity index is 982. The molecule has 3 aromatic heterocycles. The Morgan fingerprint density at radius 3 is 2.78 bits per heavy atom. The molecule has 5 nitrogen and oxygen atoms in total. The third kappa shape index (κ3) is 2.32. The van der Waals surface area contributed by atoms with Crippen LogP contribution >= 0.6 is 0 Å². The SMILES string of the molecule is COC(=O)c1ccc(-c2nn(-c3ccccc3)c3[se]ccc23)o1. The number of nitrogens with zero attached hydrogens (tertiary/aromatic N) is 2. The molecule has 0 saturated heterocycles. The number of methoxy groups -OCH3 is 1. The van der Waals surface area contributed by atoms with E-state index in [1.54, 1.807) is 12.1 Å². The Balaban J connectivity index is 1.87. The number of aromatic nitrogens is 2. The molecule has 4 rings (SSSR count). The summed E-state index contributed by atoms with van der Waals surface area (Å²) in [7, 11) is 1.33. The Morgan fingerprint density at radius 1 is 1.17 bits per heavy atom. The van der Waals surface area contributed by atoms with Crippen LogP contribution in [0.15, 0.2) is 57.9 Å². The molecule has 0 aliphatic carbocycles. The van der Waals surface area contributed by atoms with E-state index in [1.807, 2.05) is 35.0 Å². The zero-order valence-corrected chi connectivity index (χ0v) is 13.9. The first-order valence-electron chi connectivity index (χ1n) is 6.98. The van der Waals surface area contributed by atoms with Gasteiger partial charge in [0.15, 0.2) is 0 Å². The van der Waals surface area contributed by atoms with Gasteiger partial charge in [0, 0.05) is 0 Å². The van der Waals surface area contributed by atoms with Crippen LogP contribution in [0.2, 0.25) is 0 Å². The number of carbonyl (C=O) groups is 1. The average molecular weight is 371 g/mol. The van der Waals surface area contributed by atoms with E-state index in [4.69, 9.17) is 9.52 Å². The van der Waals surface area contributed by atoms with Gasteiger partial charge in [0.2, 0.25) is 0 Å². The summed E-state index contributed by atoms with van der Waals surface area (Å²) >= 11 is 0.230. The molecular weight excluding hydrogens is 359 g/mol. The van der Waals surface area contributed by atoms with Gasteiger partial charge in [0.25, 0.3) is 0 Å². The molecule has 0 saturated carbocycles. The summed E-state index contributed by atoms with van der Waals surface area (Å²) in [6.07, 6.45) is 0. The van der Waals surface area contributed by atoms with E-state index in [-0.39, 0.29) is 20.3 Å². The van der Waals surface area contributed by atoms with Gasteiger partial charge in [-0.15, -0.1) is 0 Å². The number of ether oxygens (including phenoxy) is 1. The van der Waals surface area contributed by atoms with Crippen LogP contribution in [0, 0.1) is 0 Å². The predicted octanol–water partition coefficient (Wildman–Crippen LogP) is 3.13. The zero-order valence-electron chi connectivity index (χ0n) is 12.2. The summed E-state index contributed by atoms with van der Waals surface area (Å²) in [6.45, 7) is 0. The molecule has 0 spiro atoms.